The molecule has 0 radical (unpaired) electrons. The second-order valence-corrected chi connectivity index (χ2v) is 6.94. The molecule has 1 aromatic heterocycles. The molecule has 0 bridgehead atoms. The van der Waals surface area contributed by atoms with Crippen LogP contribution in [0.25, 0.3) is 0 Å². The van der Waals surface area contributed by atoms with E-state index in [1.165, 1.54) is 31.3 Å². The lowest BCUT2D eigenvalue weighted by Gasteiger charge is -2.35. The number of piperazine rings is 1. The van der Waals surface area contributed by atoms with E-state index in [2.05, 4.69) is 33.1 Å². The summed E-state index contributed by atoms with van der Waals surface area (Å²) >= 11 is 0. The third-order valence-corrected chi connectivity index (χ3v) is 5.28. The van der Waals surface area contributed by atoms with Crippen LogP contribution < -0.4 is 10.2 Å². The van der Waals surface area contributed by atoms with Gasteiger partial charge in [0.15, 0.2) is 0 Å². The first-order chi connectivity index (χ1) is 12.3. The van der Waals surface area contributed by atoms with Gasteiger partial charge in [-0.2, -0.15) is 0 Å². The first-order valence-electron chi connectivity index (χ1n) is 9.65. The fourth-order valence-electron chi connectivity index (χ4n) is 3.59. The number of aromatic nitrogens is 1. The van der Waals surface area contributed by atoms with E-state index in [0.29, 0.717) is 12.2 Å². The summed E-state index contributed by atoms with van der Waals surface area (Å²) in [4.78, 5) is 21.4. The second-order valence-electron chi connectivity index (χ2n) is 6.94. The van der Waals surface area contributed by atoms with Crippen molar-refractivity contribution < 1.29 is 4.79 Å². The standard InChI is InChI=1S/C20H30N4O/c1-2-23-12-14-24(15-13-23)18-8-9-19(22-16-18)20(25)21-11-10-17-6-4-3-5-7-17/h6,8-9,16H,2-5,7,10-15H2,1H3,(H,21,25). The fraction of sp³-hybridized carbons (Fsp3) is 0.600. The molecule has 2 aliphatic rings. The number of nitrogens with one attached hydrogen (secondary N) is 1. The zero-order chi connectivity index (χ0) is 17.5. The van der Waals surface area contributed by atoms with Crippen molar-refractivity contribution in [3.63, 3.8) is 0 Å². The van der Waals surface area contributed by atoms with Gasteiger partial charge in [0, 0.05) is 32.7 Å². The molecule has 1 fully saturated rings. The molecule has 1 aliphatic heterocycles. The van der Waals surface area contributed by atoms with Crippen molar-refractivity contribution in [2.45, 2.75) is 39.0 Å². The van der Waals surface area contributed by atoms with E-state index in [4.69, 9.17) is 0 Å². The van der Waals surface area contributed by atoms with Gasteiger partial charge in [-0.15, -0.1) is 0 Å². The number of anilines is 1. The summed E-state index contributed by atoms with van der Waals surface area (Å²) in [6.45, 7) is 8.25. The first-order valence-corrected chi connectivity index (χ1v) is 9.65. The van der Waals surface area contributed by atoms with Gasteiger partial charge in [0.1, 0.15) is 5.69 Å². The molecule has 25 heavy (non-hydrogen) atoms. The van der Waals surface area contributed by atoms with Gasteiger partial charge < -0.3 is 15.1 Å². The van der Waals surface area contributed by atoms with Crippen LogP contribution >= 0.6 is 0 Å². The average molecular weight is 342 g/mol. The van der Waals surface area contributed by atoms with Gasteiger partial charge in [0.25, 0.3) is 5.91 Å². The first kappa shape index (κ1) is 17.9. The highest BCUT2D eigenvalue weighted by Crippen LogP contribution is 2.19. The maximum Gasteiger partial charge on any atom is 0.269 e. The van der Waals surface area contributed by atoms with Crippen LogP contribution in [0, 0.1) is 0 Å². The minimum atomic E-state index is -0.0706. The van der Waals surface area contributed by atoms with Crippen LogP contribution in [0.1, 0.15) is 49.5 Å². The summed E-state index contributed by atoms with van der Waals surface area (Å²) in [5, 5.41) is 3.00. The van der Waals surface area contributed by atoms with Crippen molar-refractivity contribution in [2.24, 2.45) is 0 Å². The van der Waals surface area contributed by atoms with Crippen LogP contribution in [0.5, 0.6) is 0 Å². The summed E-state index contributed by atoms with van der Waals surface area (Å²) < 4.78 is 0. The quantitative estimate of drug-likeness (QED) is 0.808. The number of hydrogen-bond donors (Lipinski definition) is 1. The predicted molar refractivity (Wildman–Crippen MR) is 102 cm³/mol. The largest absolute Gasteiger partial charge is 0.368 e. The SMILES string of the molecule is CCN1CCN(c2ccc(C(=O)NCCC3=CCCCC3)nc2)CC1. The Labute approximate surface area is 151 Å². The van der Waals surface area contributed by atoms with Crippen LogP contribution in [-0.4, -0.2) is 55.1 Å². The Morgan fingerprint density at radius 1 is 1.20 bits per heavy atom. The van der Waals surface area contributed by atoms with E-state index in [1.807, 2.05) is 18.3 Å². The highest BCUT2D eigenvalue weighted by Gasteiger charge is 2.16. The van der Waals surface area contributed by atoms with E-state index in [0.717, 1.165) is 44.8 Å². The maximum atomic E-state index is 12.2. The third kappa shape index (κ3) is 5.05. The summed E-state index contributed by atoms with van der Waals surface area (Å²) in [5.41, 5.74) is 3.11. The number of likely N-dealkylation sites (N-methyl/N-ethyl adjacent to an activating group) is 1. The van der Waals surface area contributed by atoms with Crippen molar-refractivity contribution in [2.75, 3.05) is 44.2 Å². The third-order valence-electron chi connectivity index (χ3n) is 5.28. The van der Waals surface area contributed by atoms with E-state index in [1.54, 1.807) is 0 Å². The lowest BCUT2D eigenvalue weighted by atomic mass is 9.97. The average Bonchev–Trinajstić information content (AvgIpc) is 2.69. The highest BCUT2D eigenvalue weighted by atomic mass is 16.1. The monoisotopic (exact) mass is 342 g/mol. The Balaban J connectivity index is 1.46. The number of allylic oxidation sites excluding steroid dienone is 1. The molecule has 0 saturated carbocycles. The van der Waals surface area contributed by atoms with Gasteiger partial charge in [-0.05, 0) is 50.8 Å². The number of nitrogens with zero attached hydrogens (tertiary/aromatic N) is 3. The summed E-state index contributed by atoms with van der Waals surface area (Å²) in [6, 6.07) is 3.87. The van der Waals surface area contributed by atoms with Gasteiger partial charge in [0.05, 0.1) is 11.9 Å². The normalized spacial score (nSPS) is 18.8. The van der Waals surface area contributed by atoms with E-state index in [-0.39, 0.29) is 5.91 Å². The van der Waals surface area contributed by atoms with Gasteiger partial charge in [-0.3, -0.25) is 4.79 Å². The topological polar surface area (TPSA) is 48.5 Å². The zero-order valence-corrected chi connectivity index (χ0v) is 15.3. The number of hydrogen-bond acceptors (Lipinski definition) is 4. The highest BCUT2D eigenvalue weighted by molar-refractivity contribution is 5.92. The Morgan fingerprint density at radius 2 is 2.04 bits per heavy atom. The second kappa shape index (κ2) is 8.99. The maximum absolute atomic E-state index is 12.2. The van der Waals surface area contributed by atoms with E-state index < -0.39 is 0 Å². The molecule has 1 amide bonds. The molecule has 0 aromatic carbocycles. The van der Waals surface area contributed by atoms with Crippen molar-refractivity contribution in [3.8, 4) is 0 Å². The number of amides is 1. The molecule has 5 heteroatoms. The van der Waals surface area contributed by atoms with Gasteiger partial charge >= 0.3 is 0 Å². The molecular weight excluding hydrogens is 312 g/mol. The summed E-state index contributed by atoms with van der Waals surface area (Å²) in [7, 11) is 0. The Morgan fingerprint density at radius 3 is 2.68 bits per heavy atom. The minimum Gasteiger partial charge on any atom is -0.368 e. The van der Waals surface area contributed by atoms with Crippen molar-refractivity contribution in [1.29, 1.82) is 0 Å². The molecule has 2 heterocycles. The van der Waals surface area contributed by atoms with Crippen LogP contribution in [0.15, 0.2) is 30.0 Å². The van der Waals surface area contributed by atoms with Crippen LogP contribution in [0.3, 0.4) is 0 Å². The molecule has 1 N–H and O–H groups in total. The molecule has 0 atom stereocenters. The number of rotatable bonds is 6. The van der Waals surface area contributed by atoms with E-state index in [9.17, 15) is 4.79 Å². The van der Waals surface area contributed by atoms with Gasteiger partial charge in [-0.1, -0.05) is 18.6 Å². The molecule has 0 spiro atoms. The molecule has 136 valence electrons. The van der Waals surface area contributed by atoms with Crippen molar-refractivity contribution in [1.82, 2.24) is 15.2 Å². The molecule has 1 aliphatic carbocycles. The smallest absolute Gasteiger partial charge is 0.269 e. The van der Waals surface area contributed by atoms with Gasteiger partial charge in [-0.25, -0.2) is 4.98 Å². The fourth-order valence-corrected chi connectivity index (χ4v) is 3.59. The zero-order valence-electron chi connectivity index (χ0n) is 15.3. The lowest BCUT2D eigenvalue weighted by Crippen LogP contribution is -2.46. The number of pyridine rings is 1. The number of carbonyl (C=O) groups excluding carboxylic acids is 1. The van der Waals surface area contributed by atoms with Crippen LogP contribution in [0.4, 0.5) is 5.69 Å². The number of carbonyl (C=O) groups is 1. The van der Waals surface area contributed by atoms with Crippen LogP contribution in [0.2, 0.25) is 0 Å². The molecule has 1 saturated heterocycles. The minimum absolute atomic E-state index is 0.0706. The Hall–Kier alpha value is -1.88. The molecule has 3 rings (SSSR count). The predicted octanol–water partition coefficient (Wildman–Crippen LogP) is 2.84. The Bertz CT molecular complexity index is 588. The summed E-state index contributed by atoms with van der Waals surface area (Å²) in [5.74, 6) is -0.0706. The van der Waals surface area contributed by atoms with E-state index >= 15 is 0 Å². The molecule has 1 aromatic rings. The van der Waals surface area contributed by atoms with Crippen LogP contribution in [-0.2, 0) is 0 Å². The molecule has 5 nitrogen and oxygen atoms in total. The van der Waals surface area contributed by atoms with Crippen molar-refractivity contribution in [3.05, 3.63) is 35.7 Å². The molecule has 0 unspecified atom stereocenters. The lowest BCUT2D eigenvalue weighted by molar-refractivity contribution is 0.0949. The summed E-state index contributed by atoms with van der Waals surface area (Å²) in [6.07, 6.45) is 10.1. The van der Waals surface area contributed by atoms with Crippen molar-refractivity contribution >= 4 is 11.6 Å². The Kier molecular flexibility index (Phi) is 6.45. The van der Waals surface area contributed by atoms with Gasteiger partial charge in [0.2, 0.25) is 0 Å². The molecular formula is C20H30N4O.